The molecule has 0 saturated carbocycles. The number of aryl methyl sites for hydroxylation is 2. The Hall–Kier alpha value is -1.72. The molecule has 2 heterocycles. The van der Waals surface area contributed by atoms with Crippen LogP contribution in [-0.2, 0) is 19.5 Å². The number of hydrogen-bond donors (Lipinski definition) is 0. The van der Waals surface area contributed by atoms with E-state index in [1.54, 1.807) is 12.1 Å². The predicted molar refractivity (Wildman–Crippen MR) is 113 cm³/mol. The van der Waals surface area contributed by atoms with Crippen LogP contribution in [0.15, 0.2) is 30.5 Å². The van der Waals surface area contributed by atoms with Gasteiger partial charge in [0.2, 0.25) is 0 Å². The number of likely N-dealkylation sites (tertiary alicyclic amines) is 1. The second-order valence-electron chi connectivity index (χ2n) is 8.36. The number of hydrogen-bond acceptors (Lipinski definition) is 3. The van der Waals surface area contributed by atoms with E-state index in [2.05, 4.69) is 46.7 Å². The smallest absolute Gasteiger partial charge is 0.123 e. The zero-order valence-corrected chi connectivity index (χ0v) is 17.7. The Balaban J connectivity index is 1.38. The highest BCUT2D eigenvalue weighted by Gasteiger charge is 2.20. The second-order valence-corrected chi connectivity index (χ2v) is 8.36. The van der Waals surface area contributed by atoms with Gasteiger partial charge in [-0.25, -0.2) is 4.39 Å². The van der Waals surface area contributed by atoms with Crippen molar-refractivity contribution in [2.75, 3.05) is 33.2 Å². The third-order valence-electron chi connectivity index (χ3n) is 5.85. The molecule has 0 unspecified atom stereocenters. The van der Waals surface area contributed by atoms with Crippen molar-refractivity contribution in [1.29, 1.82) is 0 Å². The van der Waals surface area contributed by atoms with Crippen LogP contribution in [-0.4, -0.2) is 52.8 Å². The van der Waals surface area contributed by atoms with Gasteiger partial charge in [-0.2, -0.15) is 5.10 Å². The van der Waals surface area contributed by atoms with Gasteiger partial charge in [-0.05, 0) is 76.4 Å². The van der Waals surface area contributed by atoms with E-state index in [0.29, 0.717) is 0 Å². The molecule has 1 aliphatic rings. The molecule has 4 nitrogen and oxygen atoms in total. The molecule has 1 saturated heterocycles. The number of nitrogens with zero attached hydrogens (tertiary/aromatic N) is 4. The molecule has 154 valence electrons. The number of piperidine rings is 1. The van der Waals surface area contributed by atoms with Crippen LogP contribution in [0.25, 0.3) is 0 Å². The largest absolute Gasteiger partial charge is 0.303 e. The highest BCUT2D eigenvalue weighted by Crippen LogP contribution is 2.20. The fourth-order valence-electron chi connectivity index (χ4n) is 4.18. The van der Waals surface area contributed by atoms with Gasteiger partial charge in [0, 0.05) is 37.9 Å². The first-order chi connectivity index (χ1) is 13.5. The van der Waals surface area contributed by atoms with E-state index < -0.39 is 0 Å². The molecule has 0 bridgehead atoms. The van der Waals surface area contributed by atoms with Gasteiger partial charge < -0.3 is 9.80 Å². The summed E-state index contributed by atoms with van der Waals surface area (Å²) in [6.07, 6.45) is 6.87. The number of halogens is 1. The predicted octanol–water partition coefficient (Wildman–Crippen LogP) is 4.13. The van der Waals surface area contributed by atoms with Crippen molar-refractivity contribution in [2.24, 2.45) is 5.92 Å². The standard InChI is InChI=1S/C23H35FN4/c1-4-12-28-18-22(19(2)25-28)17-26(3)16-21-10-14-27(15-11-21)13-9-20-5-7-23(24)8-6-20/h5-8,18,21H,4,9-17H2,1-3H3. The lowest BCUT2D eigenvalue weighted by Crippen LogP contribution is -2.38. The minimum atomic E-state index is -0.151. The first kappa shape index (κ1) is 21.0. The summed E-state index contributed by atoms with van der Waals surface area (Å²) in [7, 11) is 2.23. The number of rotatable bonds is 9. The van der Waals surface area contributed by atoms with Gasteiger partial charge in [0.05, 0.1) is 5.69 Å². The van der Waals surface area contributed by atoms with Crippen LogP contribution >= 0.6 is 0 Å². The van der Waals surface area contributed by atoms with Gasteiger partial charge in [-0.1, -0.05) is 19.1 Å². The molecule has 3 rings (SSSR count). The maximum absolute atomic E-state index is 13.0. The van der Waals surface area contributed by atoms with E-state index in [-0.39, 0.29) is 5.82 Å². The molecule has 1 aromatic heterocycles. The fourth-order valence-corrected chi connectivity index (χ4v) is 4.18. The van der Waals surface area contributed by atoms with Crippen LogP contribution in [0.3, 0.4) is 0 Å². The summed E-state index contributed by atoms with van der Waals surface area (Å²) in [5, 5.41) is 4.62. The average molecular weight is 387 g/mol. The normalized spacial score (nSPS) is 16.2. The Morgan fingerprint density at radius 1 is 1.14 bits per heavy atom. The van der Waals surface area contributed by atoms with Crippen LogP contribution in [0.1, 0.15) is 43.0 Å². The molecule has 1 fully saturated rings. The zero-order valence-electron chi connectivity index (χ0n) is 17.7. The van der Waals surface area contributed by atoms with Crippen LogP contribution in [0.5, 0.6) is 0 Å². The van der Waals surface area contributed by atoms with Crippen molar-refractivity contribution in [3.8, 4) is 0 Å². The summed E-state index contributed by atoms with van der Waals surface area (Å²) < 4.78 is 15.1. The molecule has 28 heavy (non-hydrogen) atoms. The van der Waals surface area contributed by atoms with E-state index in [1.165, 1.54) is 37.1 Å². The monoisotopic (exact) mass is 386 g/mol. The van der Waals surface area contributed by atoms with Crippen LogP contribution in [0.4, 0.5) is 4.39 Å². The van der Waals surface area contributed by atoms with Crippen LogP contribution < -0.4 is 0 Å². The highest BCUT2D eigenvalue weighted by atomic mass is 19.1. The van der Waals surface area contributed by atoms with Gasteiger partial charge in [-0.3, -0.25) is 4.68 Å². The van der Waals surface area contributed by atoms with Crippen LogP contribution in [0, 0.1) is 18.7 Å². The highest BCUT2D eigenvalue weighted by molar-refractivity contribution is 5.16. The van der Waals surface area contributed by atoms with Crippen molar-refractivity contribution >= 4 is 0 Å². The van der Waals surface area contributed by atoms with Gasteiger partial charge in [0.15, 0.2) is 0 Å². The third-order valence-corrected chi connectivity index (χ3v) is 5.85. The minimum absolute atomic E-state index is 0.151. The summed E-state index contributed by atoms with van der Waals surface area (Å²) in [6, 6.07) is 6.93. The van der Waals surface area contributed by atoms with Crippen molar-refractivity contribution in [3.05, 3.63) is 53.1 Å². The lowest BCUT2D eigenvalue weighted by molar-refractivity contribution is 0.153. The molecular weight excluding hydrogens is 351 g/mol. The first-order valence-corrected chi connectivity index (χ1v) is 10.7. The van der Waals surface area contributed by atoms with E-state index in [0.717, 1.165) is 50.6 Å². The lowest BCUT2D eigenvalue weighted by Gasteiger charge is -2.34. The Morgan fingerprint density at radius 2 is 1.86 bits per heavy atom. The van der Waals surface area contributed by atoms with E-state index >= 15 is 0 Å². The third kappa shape index (κ3) is 6.14. The number of aromatic nitrogens is 2. The van der Waals surface area contributed by atoms with Crippen molar-refractivity contribution < 1.29 is 4.39 Å². The van der Waals surface area contributed by atoms with Crippen molar-refractivity contribution in [3.63, 3.8) is 0 Å². The molecular formula is C23H35FN4. The summed E-state index contributed by atoms with van der Waals surface area (Å²) >= 11 is 0. The molecule has 0 atom stereocenters. The molecule has 0 spiro atoms. The molecule has 1 aromatic carbocycles. The Morgan fingerprint density at radius 3 is 2.54 bits per heavy atom. The topological polar surface area (TPSA) is 24.3 Å². The van der Waals surface area contributed by atoms with Gasteiger partial charge in [0.25, 0.3) is 0 Å². The molecule has 0 N–H and O–H groups in total. The molecule has 0 amide bonds. The quantitative estimate of drug-likeness (QED) is 0.648. The summed E-state index contributed by atoms with van der Waals surface area (Å²) in [4.78, 5) is 5.01. The summed E-state index contributed by atoms with van der Waals surface area (Å²) in [5.41, 5.74) is 3.74. The SMILES string of the molecule is CCCn1cc(CN(C)CC2CCN(CCc3ccc(F)cc3)CC2)c(C)n1. The van der Waals surface area contributed by atoms with Crippen molar-refractivity contribution in [1.82, 2.24) is 19.6 Å². The molecule has 0 aliphatic carbocycles. The Labute approximate surface area is 169 Å². The van der Waals surface area contributed by atoms with Gasteiger partial charge in [-0.15, -0.1) is 0 Å². The Bertz CT molecular complexity index is 717. The van der Waals surface area contributed by atoms with Gasteiger partial charge >= 0.3 is 0 Å². The number of benzene rings is 1. The zero-order chi connectivity index (χ0) is 19.9. The van der Waals surface area contributed by atoms with Gasteiger partial charge in [0.1, 0.15) is 5.82 Å². The second kappa shape index (κ2) is 10.2. The summed E-state index contributed by atoms with van der Waals surface area (Å²) in [5.74, 6) is 0.625. The molecule has 0 radical (unpaired) electrons. The maximum Gasteiger partial charge on any atom is 0.123 e. The Kier molecular flexibility index (Phi) is 7.63. The van der Waals surface area contributed by atoms with E-state index in [1.807, 2.05) is 12.1 Å². The average Bonchev–Trinajstić information content (AvgIpc) is 3.01. The van der Waals surface area contributed by atoms with E-state index in [4.69, 9.17) is 0 Å². The minimum Gasteiger partial charge on any atom is -0.303 e. The molecule has 5 heteroatoms. The molecule has 1 aliphatic heterocycles. The molecule has 2 aromatic rings. The maximum atomic E-state index is 13.0. The van der Waals surface area contributed by atoms with Crippen molar-refractivity contribution in [2.45, 2.75) is 52.6 Å². The first-order valence-electron chi connectivity index (χ1n) is 10.7. The van der Waals surface area contributed by atoms with E-state index in [9.17, 15) is 4.39 Å². The summed E-state index contributed by atoms with van der Waals surface area (Å²) in [6.45, 7) is 10.9. The lowest BCUT2D eigenvalue weighted by atomic mass is 9.96. The van der Waals surface area contributed by atoms with Crippen LogP contribution in [0.2, 0.25) is 0 Å². The fraction of sp³-hybridized carbons (Fsp3) is 0.609.